The molecule has 0 radical (unpaired) electrons. The van der Waals surface area contributed by atoms with E-state index in [0.717, 1.165) is 52.0 Å². The lowest BCUT2D eigenvalue weighted by molar-refractivity contribution is -0.192. The molecule has 1 amide bonds. The van der Waals surface area contributed by atoms with Gasteiger partial charge in [0.1, 0.15) is 0 Å². The van der Waals surface area contributed by atoms with Gasteiger partial charge in [-0.05, 0) is 37.1 Å². The van der Waals surface area contributed by atoms with Crippen molar-refractivity contribution in [3.8, 4) is 0 Å². The number of ether oxygens (including phenoxy) is 2. The number of hydrogen-bond acceptors (Lipinski definition) is 6. The van der Waals surface area contributed by atoms with Gasteiger partial charge in [-0.1, -0.05) is 6.07 Å². The summed E-state index contributed by atoms with van der Waals surface area (Å²) in [5.41, 5.74) is 0. The van der Waals surface area contributed by atoms with Gasteiger partial charge in [-0.15, -0.1) is 11.3 Å². The molecule has 0 spiro atoms. The van der Waals surface area contributed by atoms with E-state index in [0.29, 0.717) is 18.6 Å². The van der Waals surface area contributed by atoms with E-state index in [-0.39, 0.29) is 17.9 Å². The predicted octanol–water partition coefficient (Wildman–Crippen LogP) is 2.66. The van der Waals surface area contributed by atoms with Crippen LogP contribution in [0.4, 0.5) is 13.2 Å². The van der Waals surface area contributed by atoms with E-state index < -0.39 is 12.1 Å². The molecule has 0 saturated carbocycles. The van der Waals surface area contributed by atoms with Crippen LogP contribution in [-0.4, -0.2) is 72.6 Å². The minimum Gasteiger partial charge on any atom is -0.475 e. The summed E-state index contributed by atoms with van der Waals surface area (Å²) in [6.45, 7) is 4.02. The maximum absolute atomic E-state index is 12.7. The zero-order valence-corrected chi connectivity index (χ0v) is 17.8. The number of amides is 1. The molecule has 174 valence electrons. The molecule has 0 aliphatic carbocycles. The van der Waals surface area contributed by atoms with Crippen molar-refractivity contribution in [1.82, 2.24) is 10.2 Å². The van der Waals surface area contributed by atoms with Gasteiger partial charge in [-0.3, -0.25) is 9.69 Å². The quantitative estimate of drug-likeness (QED) is 0.713. The normalized spacial score (nSPS) is 27.1. The molecule has 4 rings (SSSR count). The average molecular weight is 465 g/mol. The molecule has 3 fully saturated rings. The van der Waals surface area contributed by atoms with Crippen molar-refractivity contribution in [2.45, 2.75) is 56.6 Å². The molecular weight excluding hydrogens is 437 g/mol. The number of piperidine rings is 1. The molecule has 4 heterocycles. The number of halogens is 3. The van der Waals surface area contributed by atoms with Gasteiger partial charge >= 0.3 is 12.1 Å². The molecule has 0 unspecified atom stereocenters. The predicted molar refractivity (Wildman–Crippen MR) is 107 cm³/mol. The van der Waals surface area contributed by atoms with Crippen LogP contribution in [0.25, 0.3) is 0 Å². The molecule has 3 atom stereocenters. The number of carboxylic acids is 1. The number of hydrogen-bond donors (Lipinski definition) is 2. The molecule has 0 bridgehead atoms. The second kappa shape index (κ2) is 10.8. The van der Waals surface area contributed by atoms with E-state index in [2.05, 4.69) is 16.3 Å². The average Bonchev–Trinajstić information content (AvgIpc) is 3.43. The Balaban J connectivity index is 0.000000339. The standard InChI is InChI=1S/C18H26N2O3S.C2HF3O2/c21-18(19-11-15-2-1-9-24-15)13-10-17-16(5-8-23-17)20(12-13)14-3-6-22-7-4-14;3-2(4,5)1(6)7/h1-2,9,13-14,16-17H,3-8,10-12H2,(H,19,21);(H,6,7)/t13-,16-,17-;/m1./s1. The van der Waals surface area contributed by atoms with Crippen molar-refractivity contribution in [2.75, 3.05) is 26.4 Å². The number of carbonyl (C=O) groups excluding carboxylic acids is 1. The fourth-order valence-corrected chi connectivity index (χ4v) is 4.99. The molecular formula is C20H27F3N2O5S. The number of carbonyl (C=O) groups is 2. The Morgan fingerprint density at radius 3 is 2.55 bits per heavy atom. The van der Waals surface area contributed by atoms with Gasteiger partial charge in [0.05, 0.1) is 18.6 Å². The first-order chi connectivity index (χ1) is 14.8. The Morgan fingerprint density at radius 2 is 1.94 bits per heavy atom. The Hall–Kier alpha value is -1.69. The van der Waals surface area contributed by atoms with Gasteiger partial charge < -0.3 is 19.9 Å². The van der Waals surface area contributed by atoms with Gasteiger partial charge in [-0.25, -0.2) is 4.79 Å². The maximum Gasteiger partial charge on any atom is 0.490 e. The first kappa shape index (κ1) is 24.0. The molecule has 3 aliphatic heterocycles. The fourth-order valence-electron chi connectivity index (χ4n) is 4.34. The van der Waals surface area contributed by atoms with Crippen molar-refractivity contribution in [3.05, 3.63) is 22.4 Å². The summed E-state index contributed by atoms with van der Waals surface area (Å²) in [4.78, 5) is 25.4. The summed E-state index contributed by atoms with van der Waals surface area (Å²) in [5.74, 6) is -2.55. The molecule has 7 nitrogen and oxygen atoms in total. The minimum atomic E-state index is -5.08. The lowest BCUT2D eigenvalue weighted by Crippen LogP contribution is -2.57. The van der Waals surface area contributed by atoms with E-state index in [4.69, 9.17) is 19.4 Å². The Labute approximate surface area is 182 Å². The number of likely N-dealkylation sites (tertiary alicyclic amines) is 1. The lowest BCUT2D eigenvalue weighted by atomic mass is 9.87. The van der Waals surface area contributed by atoms with Crippen molar-refractivity contribution in [1.29, 1.82) is 0 Å². The number of alkyl halides is 3. The molecule has 3 saturated heterocycles. The second-order valence-corrected chi connectivity index (χ2v) is 8.87. The first-order valence-corrected chi connectivity index (χ1v) is 11.2. The van der Waals surface area contributed by atoms with E-state index >= 15 is 0 Å². The lowest BCUT2D eigenvalue weighted by Gasteiger charge is -2.45. The van der Waals surface area contributed by atoms with E-state index in [1.165, 1.54) is 4.88 Å². The highest BCUT2D eigenvalue weighted by atomic mass is 32.1. The number of aliphatic carboxylic acids is 1. The molecule has 11 heteroatoms. The molecule has 3 aliphatic rings. The van der Waals surface area contributed by atoms with Crippen LogP contribution in [0.3, 0.4) is 0 Å². The number of rotatable bonds is 4. The third-order valence-corrected chi connectivity index (χ3v) is 6.72. The summed E-state index contributed by atoms with van der Waals surface area (Å²) in [7, 11) is 0. The number of thiophene rings is 1. The van der Waals surface area contributed by atoms with Crippen LogP contribution in [0.1, 0.15) is 30.6 Å². The Bertz CT molecular complexity index is 725. The zero-order valence-electron chi connectivity index (χ0n) is 17.0. The van der Waals surface area contributed by atoms with Crippen molar-refractivity contribution in [3.63, 3.8) is 0 Å². The number of carboxylic acid groups (broad SMARTS) is 1. The Morgan fingerprint density at radius 1 is 1.23 bits per heavy atom. The SMILES string of the molecule is O=C(NCc1cccs1)[C@@H]1C[C@H]2OCC[C@H]2N(C2CCOCC2)C1.O=C(O)C(F)(F)F. The molecule has 1 aromatic heterocycles. The van der Waals surface area contributed by atoms with Crippen molar-refractivity contribution in [2.24, 2.45) is 5.92 Å². The molecule has 0 aromatic carbocycles. The zero-order chi connectivity index (χ0) is 22.4. The van der Waals surface area contributed by atoms with Crippen LogP contribution in [0.15, 0.2) is 17.5 Å². The van der Waals surface area contributed by atoms with Crippen LogP contribution in [0.5, 0.6) is 0 Å². The fraction of sp³-hybridized carbons (Fsp3) is 0.700. The molecule has 2 N–H and O–H groups in total. The minimum absolute atomic E-state index is 0.0344. The second-order valence-electron chi connectivity index (χ2n) is 7.84. The topological polar surface area (TPSA) is 88.1 Å². The maximum atomic E-state index is 12.7. The number of fused-ring (bicyclic) bond motifs is 1. The first-order valence-electron chi connectivity index (χ1n) is 10.3. The largest absolute Gasteiger partial charge is 0.490 e. The van der Waals surface area contributed by atoms with Crippen LogP contribution in [-0.2, 0) is 25.6 Å². The van der Waals surface area contributed by atoms with E-state index in [1.807, 2.05) is 11.4 Å². The van der Waals surface area contributed by atoms with Gasteiger partial charge in [0.25, 0.3) is 0 Å². The van der Waals surface area contributed by atoms with Crippen LogP contribution < -0.4 is 5.32 Å². The van der Waals surface area contributed by atoms with E-state index in [1.54, 1.807) is 11.3 Å². The van der Waals surface area contributed by atoms with Crippen LogP contribution in [0, 0.1) is 5.92 Å². The van der Waals surface area contributed by atoms with Crippen molar-refractivity contribution >= 4 is 23.2 Å². The summed E-state index contributed by atoms with van der Waals surface area (Å²) in [5, 5.41) is 12.3. The van der Waals surface area contributed by atoms with Crippen LogP contribution in [0.2, 0.25) is 0 Å². The summed E-state index contributed by atoms with van der Waals surface area (Å²) in [6.07, 6.45) is -0.745. The third kappa shape index (κ3) is 6.64. The van der Waals surface area contributed by atoms with Gasteiger partial charge in [0.15, 0.2) is 0 Å². The smallest absolute Gasteiger partial charge is 0.475 e. The van der Waals surface area contributed by atoms with Crippen molar-refractivity contribution < 1.29 is 37.3 Å². The summed E-state index contributed by atoms with van der Waals surface area (Å²) >= 11 is 1.69. The highest BCUT2D eigenvalue weighted by Gasteiger charge is 2.44. The van der Waals surface area contributed by atoms with Crippen LogP contribution >= 0.6 is 11.3 Å². The summed E-state index contributed by atoms with van der Waals surface area (Å²) in [6, 6.07) is 5.13. The van der Waals surface area contributed by atoms with E-state index in [9.17, 15) is 18.0 Å². The highest BCUT2D eigenvalue weighted by molar-refractivity contribution is 7.09. The highest BCUT2D eigenvalue weighted by Crippen LogP contribution is 2.34. The Kier molecular flexibility index (Phi) is 8.31. The molecule has 31 heavy (non-hydrogen) atoms. The molecule has 1 aromatic rings. The number of nitrogens with one attached hydrogen (secondary N) is 1. The van der Waals surface area contributed by atoms with Gasteiger partial charge in [-0.2, -0.15) is 13.2 Å². The number of nitrogens with zero attached hydrogens (tertiary/aromatic N) is 1. The third-order valence-electron chi connectivity index (χ3n) is 5.84. The monoisotopic (exact) mass is 464 g/mol. The summed E-state index contributed by atoms with van der Waals surface area (Å²) < 4.78 is 43.2. The van der Waals surface area contributed by atoms with Gasteiger partial charge in [0.2, 0.25) is 5.91 Å². The van der Waals surface area contributed by atoms with Gasteiger partial charge in [0, 0.05) is 43.3 Å².